The molecular formula is C13H21N3O2. The second-order valence-corrected chi connectivity index (χ2v) is 4.98. The molecule has 1 fully saturated rings. The highest BCUT2D eigenvalue weighted by Gasteiger charge is 2.24. The third kappa shape index (κ3) is 2.56. The van der Waals surface area contributed by atoms with Crippen molar-refractivity contribution >= 4 is 5.97 Å². The van der Waals surface area contributed by atoms with Crippen molar-refractivity contribution in [3.63, 3.8) is 0 Å². The average Bonchev–Trinajstić information content (AvgIpc) is 2.96. The van der Waals surface area contributed by atoms with Gasteiger partial charge in [0, 0.05) is 30.8 Å². The minimum atomic E-state index is -0.957. The molecule has 0 radical (unpaired) electrons. The average molecular weight is 251 g/mol. The number of aromatic nitrogens is 2. The van der Waals surface area contributed by atoms with Gasteiger partial charge in [-0.05, 0) is 19.8 Å². The molecule has 5 heteroatoms. The number of hydrogen-bond donors (Lipinski definition) is 2. The summed E-state index contributed by atoms with van der Waals surface area (Å²) in [6.45, 7) is 2.89. The van der Waals surface area contributed by atoms with E-state index >= 15 is 0 Å². The number of carbonyl (C=O) groups is 1. The fourth-order valence-electron chi connectivity index (χ4n) is 2.78. The van der Waals surface area contributed by atoms with Gasteiger partial charge in [0.05, 0.1) is 0 Å². The normalized spacial score (nSPS) is 18.1. The molecule has 0 saturated heterocycles. The van der Waals surface area contributed by atoms with E-state index < -0.39 is 12.0 Å². The Bertz CT molecular complexity index is 422. The molecule has 1 atom stereocenters. The van der Waals surface area contributed by atoms with E-state index in [2.05, 4.69) is 16.5 Å². The minimum absolute atomic E-state index is 0.350. The number of nitrogens with two attached hydrogens (primary N) is 1. The number of imidazole rings is 1. The Kier molecular flexibility index (Phi) is 4.01. The first-order valence-electron chi connectivity index (χ1n) is 6.66. The van der Waals surface area contributed by atoms with Crippen LogP contribution in [-0.4, -0.2) is 26.7 Å². The van der Waals surface area contributed by atoms with Crippen LogP contribution in [0.4, 0.5) is 0 Å². The van der Waals surface area contributed by atoms with E-state index in [0.717, 1.165) is 18.1 Å². The van der Waals surface area contributed by atoms with Crippen LogP contribution < -0.4 is 5.73 Å². The molecule has 100 valence electrons. The topological polar surface area (TPSA) is 81.1 Å². The van der Waals surface area contributed by atoms with Crippen LogP contribution in [0.2, 0.25) is 0 Å². The van der Waals surface area contributed by atoms with E-state index in [0.29, 0.717) is 12.3 Å². The van der Waals surface area contributed by atoms with Crippen LogP contribution in [0.15, 0.2) is 6.20 Å². The van der Waals surface area contributed by atoms with Crippen LogP contribution in [0.5, 0.6) is 0 Å². The van der Waals surface area contributed by atoms with Crippen LogP contribution in [-0.2, 0) is 17.8 Å². The number of rotatable bonds is 5. The van der Waals surface area contributed by atoms with E-state index in [1.807, 2.05) is 0 Å². The highest BCUT2D eigenvalue weighted by molar-refractivity contribution is 5.73. The van der Waals surface area contributed by atoms with Crippen molar-refractivity contribution in [2.45, 2.75) is 57.5 Å². The zero-order valence-corrected chi connectivity index (χ0v) is 10.8. The van der Waals surface area contributed by atoms with E-state index in [1.165, 1.54) is 25.7 Å². The van der Waals surface area contributed by atoms with Crippen molar-refractivity contribution in [1.82, 2.24) is 9.55 Å². The van der Waals surface area contributed by atoms with Crippen molar-refractivity contribution in [2.24, 2.45) is 5.73 Å². The summed E-state index contributed by atoms with van der Waals surface area (Å²) in [7, 11) is 0. The van der Waals surface area contributed by atoms with Gasteiger partial charge in [0.2, 0.25) is 0 Å². The Labute approximate surface area is 107 Å². The van der Waals surface area contributed by atoms with E-state index in [4.69, 9.17) is 10.8 Å². The number of hydrogen-bond acceptors (Lipinski definition) is 3. The van der Waals surface area contributed by atoms with E-state index in [-0.39, 0.29) is 0 Å². The molecule has 1 saturated carbocycles. The molecule has 0 spiro atoms. The fraction of sp³-hybridized carbons (Fsp3) is 0.692. The Balaban J connectivity index is 2.18. The van der Waals surface area contributed by atoms with Gasteiger partial charge in [-0.1, -0.05) is 12.8 Å². The Hall–Kier alpha value is -1.36. The highest BCUT2D eigenvalue weighted by atomic mass is 16.4. The van der Waals surface area contributed by atoms with E-state index in [1.54, 1.807) is 6.20 Å². The molecule has 18 heavy (non-hydrogen) atoms. The molecule has 0 aromatic carbocycles. The summed E-state index contributed by atoms with van der Waals surface area (Å²) in [6.07, 6.45) is 7.07. The smallest absolute Gasteiger partial charge is 0.320 e. The van der Waals surface area contributed by atoms with Crippen LogP contribution in [0, 0.1) is 0 Å². The van der Waals surface area contributed by atoms with E-state index in [9.17, 15) is 4.79 Å². The third-order valence-corrected chi connectivity index (χ3v) is 3.75. The first kappa shape index (κ1) is 13.1. The minimum Gasteiger partial charge on any atom is -0.480 e. The zero-order chi connectivity index (χ0) is 13.1. The summed E-state index contributed by atoms with van der Waals surface area (Å²) in [5.41, 5.74) is 6.53. The van der Waals surface area contributed by atoms with Crippen molar-refractivity contribution in [2.75, 3.05) is 0 Å². The van der Waals surface area contributed by atoms with Crippen LogP contribution in [0.25, 0.3) is 0 Å². The summed E-state index contributed by atoms with van der Waals surface area (Å²) in [6, 6.07) is -0.844. The third-order valence-electron chi connectivity index (χ3n) is 3.75. The Morgan fingerprint density at radius 3 is 2.83 bits per heavy atom. The largest absolute Gasteiger partial charge is 0.480 e. The van der Waals surface area contributed by atoms with Crippen LogP contribution in [0.1, 0.15) is 50.0 Å². The molecule has 2 rings (SSSR count). The van der Waals surface area contributed by atoms with Gasteiger partial charge in [0.1, 0.15) is 11.9 Å². The van der Waals surface area contributed by atoms with Gasteiger partial charge >= 0.3 is 5.97 Å². The summed E-state index contributed by atoms with van der Waals surface area (Å²) in [5.74, 6) is 0.698. The quantitative estimate of drug-likeness (QED) is 0.831. The lowest BCUT2D eigenvalue weighted by Crippen LogP contribution is -2.33. The van der Waals surface area contributed by atoms with Crippen LogP contribution in [0.3, 0.4) is 0 Å². The molecule has 1 heterocycles. The maximum atomic E-state index is 10.8. The molecule has 1 unspecified atom stereocenters. The Morgan fingerprint density at radius 1 is 1.61 bits per heavy atom. The number of nitrogens with zero attached hydrogens (tertiary/aromatic N) is 2. The first-order chi connectivity index (χ1) is 8.63. The predicted molar refractivity (Wildman–Crippen MR) is 68.4 cm³/mol. The molecule has 1 aliphatic carbocycles. The molecule has 1 aromatic rings. The SMILES string of the molecule is CCn1c(CC(N)C(=O)O)cnc1C1CCCC1. The first-order valence-corrected chi connectivity index (χ1v) is 6.66. The van der Waals surface area contributed by atoms with Gasteiger partial charge in [-0.3, -0.25) is 4.79 Å². The van der Waals surface area contributed by atoms with Gasteiger partial charge < -0.3 is 15.4 Å². The standard InChI is InChI=1S/C13H21N3O2/c1-2-16-10(7-11(14)13(17)18)8-15-12(16)9-5-3-4-6-9/h8-9,11H,2-7,14H2,1H3,(H,17,18). The zero-order valence-electron chi connectivity index (χ0n) is 10.8. The van der Waals surface area contributed by atoms with Gasteiger partial charge in [-0.15, -0.1) is 0 Å². The lowest BCUT2D eigenvalue weighted by atomic mass is 10.1. The fourth-order valence-corrected chi connectivity index (χ4v) is 2.78. The Morgan fingerprint density at radius 2 is 2.28 bits per heavy atom. The van der Waals surface area contributed by atoms with Gasteiger partial charge in [-0.25, -0.2) is 4.98 Å². The summed E-state index contributed by atoms with van der Waals surface area (Å²) in [5, 5.41) is 8.87. The van der Waals surface area contributed by atoms with Gasteiger partial charge in [0.25, 0.3) is 0 Å². The lowest BCUT2D eigenvalue weighted by molar-refractivity contribution is -0.138. The molecule has 0 aliphatic heterocycles. The van der Waals surface area contributed by atoms with Crippen molar-refractivity contribution in [3.8, 4) is 0 Å². The van der Waals surface area contributed by atoms with Crippen molar-refractivity contribution < 1.29 is 9.90 Å². The number of carboxylic acid groups (broad SMARTS) is 1. The second-order valence-electron chi connectivity index (χ2n) is 4.98. The molecule has 0 bridgehead atoms. The monoisotopic (exact) mass is 251 g/mol. The molecule has 0 amide bonds. The summed E-state index contributed by atoms with van der Waals surface area (Å²) in [4.78, 5) is 15.3. The molecule has 3 N–H and O–H groups in total. The predicted octanol–water partition coefficient (Wildman–Crippen LogP) is 1.51. The van der Waals surface area contributed by atoms with Crippen LogP contribution >= 0.6 is 0 Å². The maximum absolute atomic E-state index is 10.8. The van der Waals surface area contributed by atoms with Gasteiger partial charge in [-0.2, -0.15) is 0 Å². The number of carboxylic acids is 1. The number of aliphatic carboxylic acids is 1. The molecule has 1 aromatic heterocycles. The molecule has 1 aliphatic rings. The highest BCUT2D eigenvalue weighted by Crippen LogP contribution is 2.33. The molecule has 5 nitrogen and oxygen atoms in total. The second kappa shape index (κ2) is 5.52. The molecular weight excluding hydrogens is 230 g/mol. The lowest BCUT2D eigenvalue weighted by Gasteiger charge is -2.14. The summed E-state index contributed by atoms with van der Waals surface area (Å²) < 4.78 is 2.14. The van der Waals surface area contributed by atoms with Crippen molar-refractivity contribution in [3.05, 3.63) is 17.7 Å². The maximum Gasteiger partial charge on any atom is 0.320 e. The summed E-state index contributed by atoms with van der Waals surface area (Å²) >= 11 is 0. The van der Waals surface area contributed by atoms with Crippen molar-refractivity contribution in [1.29, 1.82) is 0 Å². The van der Waals surface area contributed by atoms with Gasteiger partial charge in [0.15, 0.2) is 0 Å².